The maximum atomic E-state index is 12.1. The zero-order valence-electron chi connectivity index (χ0n) is 11.4. The molecule has 1 aliphatic heterocycles. The fourth-order valence-corrected chi connectivity index (χ4v) is 3.51. The summed E-state index contributed by atoms with van der Waals surface area (Å²) in [5.41, 5.74) is 0. The molecule has 0 saturated carbocycles. The average Bonchev–Trinajstić information content (AvgIpc) is 2.37. The van der Waals surface area contributed by atoms with Crippen LogP contribution in [0.15, 0.2) is 0 Å². The van der Waals surface area contributed by atoms with E-state index in [0.717, 1.165) is 25.9 Å². The van der Waals surface area contributed by atoms with Crippen LogP contribution >= 0.6 is 7.60 Å². The molecule has 1 aliphatic rings. The molecule has 1 unspecified atom stereocenters. The zero-order valence-corrected chi connectivity index (χ0v) is 12.3. The molecule has 6 heteroatoms. The van der Waals surface area contributed by atoms with Gasteiger partial charge in [0.05, 0.1) is 26.0 Å². The van der Waals surface area contributed by atoms with Crippen LogP contribution in [-0.4, -0.2) is 38.9 Å². The molecule has 0 bridgehead atoms. The van der Waals surface area contributed by atoms with E-state index >= 15 is 0 Å². The van der Waals surface area contributed by atoms with Gasteiger partial charge in [-0.3, -0.25) is 4.57 Å². The van der Waals surface area contributed by atoms with E-state index < -0.39 is 7.60 Å². The van der Waals surface area contributed by atoms with Gasteiger partial charge >= 0.3 is 7.60 Å². The lowest BCUT2D eigenvalue weighted by Crippen LogP contribution is -2.22. The standard InChI is InChI=1S/C12H25O5P/c1-3-16-18(13,17-4-2)11-7-10-15-12-8-5-6-9-14-12/h12H,3-11H2,1-2H3. The van der Waals surface area contributed by atoms with Crippen molar-refractivity contribution in [2.45, 2.75) is 45.8 Å². The molecule has 108 valence electrons. The van der Waals surface area contributed by atoms with Crippen molar-refractivity contribution in [1.82, 2.24) is 0 Å². The van der Waals surface area contributed by atoms with E-state index in [1.54, 1.807) is 0 Å². The van der Waals surface area contributed by atoms with E-state index in [4.69, 9.17) is 18.5 Å². The summed E-state index contributed by atoms with van der Waals surface area (Å²) < 4.78 is 33.6. The van der Waals surface area contributed by atoms with Crippen molar-refractivity contribution in [1.29, 1.82) is 0 Å². The molecule has 0 aromatic rings. The largest absolute Gasteiger partial charge is 0.353 e. The van der Waals surface area contributed by atoms with Crippen LogP contribution in [0, 0.1) is 0 Å². The highest BCUT2D eigenvalue weighted by molar-refractivity contribution is 7.53. The molecule has 0 aromatic heterocycles. The van der Waals surface area contributed by atoms with Crippen molar-refractivity contribution >= 4 is 7.60 Å². The van der Waals surface area contributed by atoms with Gasteiger partial charge in [-0.05, 0) is 39.5 Å². The second-order valence-electron chi connectivity index (χ2n) is 4.19. The minimum atomic E-state index is -2.91. The summed E-state index contributed by atoms with van der Waals surface area (Å²) in [5, 5.41) is 0. The quantitative estimate of drug-likeness (QED) is 0.479. The number of ether oxygens (including phenoxy) is 2. The predicted molar refractivity (Wildman–Crippen MR) is 69.9 cm³/mol. The minimum Gasteiger partial charge on any atom is -0.353 e. The average molecular weight is 280 g/mol. The first kappa shape index (κ1) is 16.1. The highest BCUT2D eigenvalue weighted by atomic mass is 31.2. The Labute approximate surface area is 110 Å². The smallest absolute Gasteiger partial charge is 0.330 e. The Morgan fingerprint density at radius 1 is 1.22 bits per heavy atom. The molecule has 1 atom stereocenters. The molecule has 0 aromatic carbocycles. The van der Waals surface area contributed by atoms with Crippen molar-refractivity contribution in [3.63, 3.8) is 0 Å². The van der Waals surface area contributed by atoms with Gasteiger partial charge in [0.1, 0.15) is 0 Å². The van der Waals surface area contributed by atoms with E-state index in [0.29, 0.717) is 32.4 Å². The monoisotopic (exact) mass is 280 g/mol. The molecule has 1 rings (SSSR count). The summed E-state index contributed by atoms with van der Waals surface area (Å²) in [5.74, 6) is 0. The summed E-state index contributed by atoms with van der Waals surface area (Å²) in [7, 11) is -2.91. The maximum absolute atomic E-state index is 12.1. The Hall–Kier alpha value is 0.0700. The van der Waals surface area contributed by atoms with Gasteiger partial charge in [-0.2, -0.15) is 0 Å². The Morgan fingerprint density at radius 2 is 1.94 bits per heavy atom. The van der Waals surface area contributed by atoms with Crippen LogP contribution in [0.3, 0.4) is 0 Å². The Bertz CT molecular complexity index is 243. The third kappa shape index (κ3) is 6.30. The Morgan fingerprint density at radius 3 is 2.50 bits per heavy atom. The van der Waals surface area contributed by atoms with Gasteiger partial charge in [0.2, 0.25) is 0 Å². The predicted octanol–water partition coefficient (Wildman–Crippen LogP) is 3.19. The first-order valence-electron chi connectivity index (χ1n) is 6.81. The molecule has 0 aliphatic carbocycles. The van der Waals surface area contributed by atoms with Gasteiger partial charge in [0, 0.05) is 6.61 Å². The van der Waals surface area contributed by atoms with Gasteiger partial charge in [0.25, 0.3) is 0 Å². The van der Waals surface area contributed by atoms with Gasteiger partial charge in [-0.15, -0.1) is 0 Å². The first-order chi connectivity index (χ1) is 8.70. The second-order valence-corrected chi connectivity index (χ2v) is 6.38. The lowest BCUT2D eigenvalue weighted by Gasteiger charge is -2.23. The Balaban J connectivity index is 2.15. The van der Waals surface area contributed by atoms with E-state index in [2.05, 4.69) is 0 Å². The summed E-state index contributed by atoms with van der Waals surface area (Å²) in [6.45, 7) is 5.76. The highest BCUT2D eigenvalue weighted by Gasteiger charge is 2.23. The first-order valence-corrected chi connectivity index (χ1v) is 8.54. The van der Waals surface area contributed by atoms with Gasteiger partial charge in [0.15, 0.2) is 6.29 Å². The molecule has 18 heavy (non-hydrogen) atoms. The van der Waals surface area contributed by atoms with E-state index in [-0.39, 0.29) is 6.29 Å². The molecule has 1 fully saturated rings. The van der Waals surface area contributed by atoms with Crippen LogP contribution < -0.4 is 0 Å². The molecule has 0 amide bonds. The number of hydrogen-bond donors (Lipinski definition) is 0. The Kier molecular flexibility index (Phi) is 8.11. The molecule has 0 radical (unpaired) electrons. The van der Waals surface area contributed by atoms with E-state index in [1.165, 1.54) is 0 Å². The van der Waals surface area contributed by atoms with Gasteiger partial charge < -0.3 is 18.5 Å². The molecular weight excluding hydrogens is 255 g/mol. The van der Waals surface area contributed by atoms with E-state index in [9.17, 15) is 4.57 Å². The zero-order chi connectivity index (χ0) is 13.3. The summed E-state index contributed by atoms with van der Waals surface area (Å²) >= 11 is 0. The SMILES string of the molecule is CCOP(=O)(CCCOC1CCCCO1)OCC. The van der Waals surface area contributed by atoms with Crippen molar-refractivity contribution in [2.24, 2.45) is 0 Å². The van der Waals surface area contributed by atoms with E-state index in [1.807, 2.05) is 13.8 Å². The van der Waals surface area contributed by atoms with Gasteiger partial charge in [-0.25, -0.2) is 0 Å². The summed E-state index contributed by atoms with van der Waals surface area (Å²) in [6.07, 6.45) is 4.20. The van der Waals surface area contributed by atoms with Crippen LogP contribution in [0.2, 0.25) is 0 Å². The number of rotatable bonds is 9. The third-order valence-electron chi connectivity index (χ3n) is 2.67. The molecule has 1 saturated heterocycles. The lowest BCUT2D eigenvalue weighted by atomic mass is 10.2. The van der Waals surface area contributed by atoms with Crippen molar-refractivity contribution in [3.05, 3.63) is 0 Å². The molecule has 0 spiro atoms. The fourth-order valence-electron chi connectivity index (χ4n) is 1.88. The normalized spacial score (nSPS) is 21.1. The second kappa shape index (κ2) is 9.05. The van der Waals surface area contributed by atoms with Crippen molar-refractivity contribution in [2.75, 3.05) is 32.6 Å². The molecule has 1 heterocycles. The van der Waals surface area contributed by atoms with Crippen LogP contribution in [0.5, 0.6) is 0 Å². The summed E-state index contributed by atoms with van der Waals surface area (Å²) in [4.78, 5) is 0. The summed E-state index contributed by atoms with van der Waals surface area (Å²) in [6, 6.07) is 0. The fraction of sp³-hybridized carbons (Fsp3) is 1.00. The third-order valence-corrected chi connectivity index (χ3v) is 4.84. The molecule has 5 nitrogen and oxygen atoms in total. The lowest BCUT2D eigenvalue weighted by molar-refractivity contribution is -0.162. The highest BCUT2D eigenvalue weighted by Crippen LogP contribution is 2.48. The van der Waals surface area contributed by atoms with Gasteiger partial charge in [-0.1, -0.05) is 0 Å². The van der Waals surface area contributed by atoms with Crippen molar-refractivity contribution < 1.29 is 23.1 Å². The minimum absolute atomic E-state index is 0.0858. The van der Waals surface area contributed by atoms with Crippen molar-refractivity contribution in [3.8, 4) is 0 Å². The van der Waals surface area contributed by atoms with Crippen LogP contribution in [0.4, 0.5) is 0 Å². The van der Waals surface area contributed by atoms with Crippen LogP contribution in [0.25, 0.3) is 0 Å². The maximum Gasteiger partial charge on any atom is 0.330 e. The van der Waals surface area contributed by atoms with Crippen LogP contribution in [-0.2, 0) is 23.1 Å². The molecular formula is C12H25O5P. The number of hydrogen-bond acceptors (Lipinski definition) is 5. The van der Waals surface area contributed by atoms with Crippen LogP contribution in [0.1, 0.15) is 39.5 Å². The molecule has 0 N–H and O–H groups in total. The topological polar surface area (TPSA) is 54.0 Å².